The van der Waals surface area contributed by atoms with Crippen LogP contribution in [0.4, 0.5) is 0 Å². The minimum absolute atomic E-state index is 0.156. The molecule has 0 amide bonds. The van der Waals surface area contributed by atoms with Crippen molar-refractivity contribution in [1.82, 2.24) is 4.90 Å². The van der Waals surface area contributed by atoms with E-state index in [2.05, 4.69) is 13.8 Å². The van der Waals surface area contributed by atoms with E-state index < -0.39 is 0 Å². The lowest BCUT2D eigenvalue weighted by molar-refractivity contribution is -0.0307. The molecule has 0 radical (unpaired) electrons. The largest absolute Gasteiger partial charge is 0.374 e. The minimum Gasteiger partial charge on any atom is -0.374 e. The highest BCUT2D eigenvalue weighted by Crippen LogP contribution is 2.12. The molecule has 0 spiro atoms. The third kappa shape index (κ3) is 2.11. The number of hydrogen-bond donors (Lipinski definition) is 2. The molecule has 0 aromatic heterocycles. The monoisotopic (exact) mass is 171 g/mol. The van der Waals surface area contributed by atoms with Gasteiger partial charge in [0.05, 0.1) is 12.7 Å². The molecule has 1 rings (SSSR count). The molecule has 4 nitrogen and oxygen atoms in total. The highest BCUT2D eigenvalue weighted by atomic mass is 16.5. The Bertz CT molecular complexity index is 170. The Morgan fingerprint density at radius 3 is 2.83 bits per heavy atom. The summed E-state index contributed by atoms with van der Waals surface area (Å²) in [4.78, 5) is 1.86. The van der Waals surface area contributed by atoms with Gasteiger partial charge >= 0.3 is 0 Å². The van der Waals surface area contributed by atoms with Crippen LogP contribution in [-0.2, 0) is 4.74 Å². The fourth-order valence-corrected chi connectivity index (χ4v) is 1.30. The predicted octanol–water partition coefficient (Wildman–Crippen LogP) is 0.237. The zero-order valence-corrected chi connectivity index (χ0v) is 7.71. The van der Waals surface area contributed by atoms with E-state index >= 15 is 0 Å². The van der Waals surface area contributed by atoms with Crippen molar-refractivity contribution in [3.63, 3.8) is 0 Å². The van der Waals surface area contributed by atoms with Gasteiger partial charge in [-0.2, -0.15) is 0 Å². The molecule has 70 valence electrons. The van der Waals surface area contributed by atoms with Crippen LogP contribution in [0.2, 0.25) is 0 Å². The van der Waals surface area contributed by atoms with Gasteiger partial charge in [0.1, 0.15) is 0 Å². The molecule has 1 aliphatic heterocycles. The van der Waals surface area contributed by atoms with Crippen LogP contribution < -0.4 is 5.73 Å². The number of morpholine rings is 1. The van der Waals surface area contributed by atoms with Crippen molar-refractivity contribution in [3.8, 4) is 0 Å². The summed E-state index contributed by atoms with van der Waals surface area (Å²) in [6.07, 6.45) is 0.225. The van der Waals surface area contributed by atoms with Crippen molar-refractivity contribution in [1.29, 1.82) is 5.41 Å². The number of nitrogens with zero attached hydrogens (tertiary/aromatic N) is 1. The summed E-state index contributed by atoms with van der Waals surface area (Å²) in [5.41, 5.74) is 5.38. The summed E-state index contributed by atoms with van der Waals surface area (Å²) in [5.74, 6) is 0.649. The first-order chi connectivity index (χ1) is 5.61. The highest BCUT2D eigenvalue weighted by molar-refractivity contribution is 5.74. The van der Waals surface area contributed by atoms with Gasteiger partial charge in [-0.05, 0) is 5.92 Å². The summed E-state index contributed by atoms with van der Waals surface area (Å²) in [7, 11) is 0. The molecule has 0 bridgehead atoms. The molecule has 1 atom stereocenters. The fourth-order valence-electron chi connectivity index (χ4n) is 1.30. The van der Waals surface area contributed by atoms with Crippen molar-refractivity contribution < 1.29 is 4.74 Å². The van der Waals surface area contributed by atoms with Crippen LogP contribution in [0.25, 0.3) is 0 Å². The maximum absolute atomic E-state index is 7.27. The molecule has 0 aliphatic carbocycles. The van der Waals surface area contributed by atoms with Gasteiger partial charge in [0.25, 0.3) is 0 Å². The van der Waals surface area contributed by atoms with Crippen LogP contribution in [0.1, 0.15) is 13.8 Å². The zero-order valence-electron chi connectivity index (χ0n) is 7.71. The molecule has 1 saturated heterocycles. The molecule has 0 aromatic rings. The first-order valence-electron chi connectivity index (χ1n) is 4.32. The first-order valence-corrected chi connectivity index (χ1v) is 4.32. The average Bonchev–Trinajstić information content (AvgIpc) is 2.04. The van der Waals surface area contributed by atoms with Gasteiger partial charge in [-0.15, -0.1) is 0 Å². The normalized spacial score (nSPS) is 24.6. The van der Waals surface area contributed by atoms with Crippen molar-refractivity contribution in [2.45, 2.75) is 20.0 Å². The fraction of sp³-hybridized carbons (Fsp3) is 0.875. The Morgan fingerprint density at radius 2 is 2.33 bits per heavy atom. The molecule has 1 aliphatic rings. The quantitative estimate of drug-likeness (QED) is 0.439. The van der Waals surface area contributed by atoms with Gasteiger partial charge in [-0.25, -0.2) is 0 Å². The number of hydrogen-bond acceptors (Lipinski definition) is 2. The second kappa shape index (κ2) is 3.76. The van der Waals surface area contributed by atoms with Gasteiger partial charge in [0.15, 0.2) is 5.96 Å². The third-order valence-corrected chi connectivity index (χ3v) is 2.18. The lowest BCUT2D eigenvalue weighted by Gasteiger charge is -2.34. The van der Waals surface area contributed by atoms with E-state index in [0.717, 1.165) is 13.1 Å². The van der Waals surface area contributed by atoms with Crippen molar-refractivity contribution >= 4 is 5.96 Å². The summed E-state index contributed by atoms with van der Waals surface area (Å²) < 4.78 is 5.53. The van der Waals surface area contributed by atoms with E-state index in [1.54, 1.807) is 0 Å². The van der Waals surface area contributed by atoms with E-state index in [0.29, 0.717) is 12.5 Å². The Balaban J connectivity index is 2.46. The standard InChI is InChI=1S/C8H17N3O/c1-6(2)7-5-11(8(9)10)3-4-12-7/h6-7H,3-5H2,1-2H3,(H3,9,10). The summed E-state index contributed by atoms with van der Waals surface area (Å²) >= 11 is 0. The van der Waals surface area contributed by atoms with Crippen LogP contribution in [-0.4, -0.2) is 36.7 Å². The molecule has 0 aromatic carbocycles. The Labute approximate surface area is 73.2 Å². The average molecular weight is 171 g/mol. The van der Waals surface area contributed by atoms with E-state index in [1.165, 1.54) is 0 Å². The smallest absolute Gasteiger partial charge is 0.188 e. The lowest BCUT2D eigenvalue weighted by atomic mass is 10.1. The van der Waals surface area contributed by atoms with Crippen LogP contribution in [0.5, 0.6) is 0 Å². The van der Waals surface area contributed by atoms with Crippen LogP contribution in [0, 0.1) is 11.3 Å². The zero-order chi connectivity index (χ0) is 9.14. The number of guanidine groups is 1. The maximum atomic E-state index is 7.27. The summed E-state index contributed by atoms with van der Waals surface area (Å²) in [6.45, 7) is 6.43. The maximum Gasteiger partial charge on any atom is 0.188 e. The van der Waals surface area contributed by atoms with Crippen molar-refractivity contribution in [3.05, 3.63) is 0 Å². The van der Waals surface area contributed by atoms with Crippen LogP contribution in [0.15, 0.2) is 0 Å². The topological polar surface area (TPSA) is 62.3 Å². The van der Waals surface area contributed by atoms with Crippen molar-refractivity contribution in [2.75, 3.05) is 19.7 Å². The lowest BCUT2D eigenvalue weighted by Crippen LogP contribution is -2.49. The molecular weight excluding hydrogens is 154 g/mol. The highest BCUT2D eigenvalue weighted by Gasteiger charge is 2.23. The second-order valence-electron chi connectivity index (χ2n) is 3.48. The molecule has 0 saturated carbocycles. The molecule has 4 heteroatoms. The minimum atomic E-state index is 0.156. The SMILES string of the molecule is CC(C)C1CN(C(=N)N)CCO1. The molecule has 3 N–H and O–H groups in total. The van der Waals surface area contributed by atoms with Crippen molar-refractivity contribution in [2.24, 2.45) is 11.7 Å². The van der Waals surface area contributed by atoms with E-state index in [4.69, 9.17) is 15.9 Å². The Morgan fingerprint density at radius 1 is 1.67 bits per heavy atom. The molecule has 1 heterocycles. The number of ether oxygens (including phenoxy) is 1. The summed E-state index contributed by atoms with van der Waals surface area (Å²) in [6, 6.07) is 0. The van der Waals surface area contributed by atoms with Gasteiger partial charge in [-0.1, -0.05) is 13.8 Å². The Hall–Kier alpha value is -0.770. The van der Waals surface area contributed by atoms with E-state index in [-0.39, 0.29) is 12.1 Å². The first kappa shape index (κ1) is 9.32. The van der Waals surface area contributed by atoms with E-state index in [9.17, 15) is 0 Å². The van der Waals surface area contributed by atoms with E-state index in [1.807, 2.05) is 4.90 Å². The molecule has 1 fully saturated rings. The summed E-state index contributed by atoms with van der Waals surface area (Å²) in [5, 5.41) is 7.27. The predicted molar refractivity (Wildman–Crippen MR) is 48.1 cm³/mol. The van der Waals surface area contributed by atoms with Crippen LogP contribution in [0.3, 0.4) is 0 Å². The molecule has 12 heavy (non-hydrogen) atoms. The van der Waals surface area contributed by atoms with Crippen LogP contribution >= 0.6 is 0 Å². The number of nitrogens with one attached hydrogen (secondary N) is 1. The number of nitrogens with two attached hydrogens (primary N) is 1. The third-order valence-electron chi connectivity index (χ3n) is 2.18. The molecule has 1 unspecified atom stereocenters. The number of rotatable bonds is 1. The van der Waals surface area contributed by atoms with Gasteiger partial charge in [0, 0.05) is 13.1 Å². The van der Waals surface area contributed by atoms with Gasteiger partial charge in [-0.3, -0.25) is 5.41 Å². The van der Waals surface area contributed by atoms with Gasteiger partial charge in [0.2, 0.25) is 0 Å². The Kier molecular flexibility index (Phi) is 2.92. The molecular formula is C8H17N3O. The van der Waals surface area contributed by atoms with Gasteiger partial charge < -0.3 is 15.4 Å². The second-order valence-corrected chi connectivity index (χ2v) is 3.48.